The minimum Gasteiger partial charge on any atom is -0.507 e. The van der Waals surface area contributed by atoms with Gasteiger partial charge in [0.2, 0.25) is 11.8 Å². The first-order chi connectivity index (χ1) is 9.49. The van der Waals surface area contributed by atoms with Crippen LogP contribution >= 0.6 is 15.9 Å². The van der Waals surface area contributed by atoms with E-state index in [1.54, 1.807) is 19.1 Å². The summed E-state index contributed by atoms with van der Waals surface area (Å²) < 4.78 is 5.69. The van der Waals surface area contributed by atoms with E-state index < -0.39 is 5.91 Å². The molecule has 2 aromatic rings. The highest BCUT2D eigenvalue weighted by Gasteiger charge is 2.13. The third-order valence-corrected chi connectivity index (χ3v) is 2.96. The number of amides is 1. The van der Waals surface area contributed by atoms with E-state index >= 15 is 0 Å². The molecule has 0 unspecified atom stereocenters. The maximum absolute atomic E-state index is 12.0. The average molecular weight is 338 g/mol. The fourth-order valence-corrected chi connectivity index (χ4v) is 1.91. The molecule has 0 fully saturated rings. The third-order valence-electron chi connectivity index (χ3n) is 2.47. The van der Waals surface area contributed by atoms with Gasteiger partial charge < -0.3 is 9.84 Å². The Labute approximate surface area is 124 Å². The number of nitrogens with one attached hydrogen (secondary N) is 1. The van der Waals surface area contributed by atoms with Gasteiger partial charge in [0.15, 0.2) is 0 Å². The summed E-state index contributed by atoms with van der Waals surface area (Å²) in [6, 6.07) is 6.24. The number of benzene rings is 1. The Morgan fingerprint density at radius 2 is 2.10 bits per heavy atom. The highest BCUT2D eigenvalue weighted by atomic mass is 79.9. The molecule has 0 aliphatic carbocycles. The van der Waals surface area contributed by atoms with E-state index in [4.69, 9.17) is 4.74 Å². The topological polar surface area (TPSA) is 84.3 Å². The molecule has 2 N–H and O–H groups in total. The van der Waals surface area contributed by atoms with E-state index in [0.29, 0.717) is 16.0 Å². The van der Waals surface area contributed by atoms with E-state index in [1.807, 2.05) is 0 Å². The minimum atomic E-state index is -0.498. The lowest BCUT2D eigenvalue weighted by Crippen LogP contribution is -2.15. The Hall–Kier alpha value is -2.15. The first-order valence-electron chi connectivity index (χ1n) is 5.69. The Bertz CT molecular complexity index is 661. The van der Waals surface area contributed by atoms with Crippen LogP contribution in [0, 0.1) is 6.92 Å². The molecule has 7 heteroatoms. The number of halogens is 1. The summed E-state index contributed by atoms with van der Waals surface area (Å²) in [6.07, 6.45) is 0. The lowest BCUT2D eigenvalue weighted by Gasteiger charge is -2.07. The molecule has 104 valence electrons. The Morgan fingerprint density at radius 3 is 2.75 bits per heavy atom. The highest BCUT2D eigenvalue weighted by Crippen LogP contribution is 2.23. The summed E-state index contributed by atoms with van der Waals surface area (Å²) >= 11 is 3.21. The van der Waals surface area contributed by atoms with Crippen molar-refractivity contribution in [1.29, 1.82) is 0 Å². The first kappa shape index (κ1) is 14.3. The van der Waals surface area contributed by atoms with Crippen LogP contribution in [0.25, 0.3) is 0 Å². The molecular formula is C13H12BrN3O3. The van der Waals surface area contributed by atoms with Crippen molar-refractivity contribution < 1.29 is 14.6 Å². The zero-order valence-corrected chi connectivity index (χ0v) is 12.4. The molecule has 0 atom stereocenters. The van der Waals surface area contributed by atoms with Crippen molar-refractivity contribution in [2.45, 2.75) is 6.92 Å². The number of aromatic nitrogens is 2. The molecule has 0 spiro atoms. The molecule has 2 rings (SSSR count). The summed E-state index contributed by atoms with van der Waals surface area (Å²) in [5, 5.41) is 12.3. The number of phenols is 1. The van der Waals surface area contributed by atoms with Crippen LogP contribution in [0.2, 0.25) is 0 Å². The van der Waals surface area contributed by atoms with Crippen LogP contribution in [0.3, 0.4) is 0 Å². The molecule has 0 bridgehead atoms. The molecule has 20 heavy (non-hydrogen) atoms. The van der Waals surface area contributed by atoms with E-state index in [-0.39, 0.29) is 17.3 Å². The molecule has 1 aromatic heterocycles. The van der Waals surface area contributed by atoms with E-state index in [9.17, 15) is 9.90 Å². The number of ether oxygens (including phenoxy) is 1. The molecular weight excluding hydrogens is 326 g/mol. The second-order valence-corrected chi connectivity index (χ2v) is 4.91. The van der Waals surface area contributed by atoms with Gasteiger partial charge >= 0.3 is 0 Å². The number of rotatable bonds is 3. The number of hydrogen-bond acceptors (Lipinski definition) is 5. The van der Waals surface area contributed by atoms with Crippen LogP contribution in [-0.4, -0.2) is 28.1 Å². The molecule has 0 saturated heterocycles. The number of anilines is 1. The van der Waals surface area contributed by atoms with Crippen LogP contribution in [0.4, 0.5) is 5.95 Å². The van der Waals surface area contributed by atoms with Gasteiger partial charge in [-0.2, -0.15) is 4.98 Å². The van der Waals surface area contributed by atoms with Gasteiger partial charge in [0.1, 0.15) is 5.75 Å². The Balaban J connectivity index is 2.25. The molecule has 0 saturated carbocycles. The normalized spacial score (nSPS) is 10.2. The van der Waals surface area contributed by atoms with Crippen molar-refractivity contribution in [3.8, 4) is 11.6 Å². The quantitative estimate of drug-likeness (QED) is 0.898. The van der Waals surface area contributed by atoms with Crippen LogP contribution in [0.1, 0.15) is 16.1 Å². The number of carbonyl (C=O) groups excluding carboxylic acids is 1. The Kier molecular flexibility index (Phi) is 4.19. The first-order valence-corrected chi connectivity index (χ1v) is 6.48. The van der Waals surface area contributed by atoms with Crippen molar-refractivity contribution in [2.24, 2.45) is 0 Å². The van der Waals surface area contributed by atoms with Crippen LogP contribution in [-0.2, 0) is 0 Å². The number of phenolic OH excluding ortho intramolecular Hbond substituents is 1. The average Bonchev–Trinajstić information content (AvgIpc) is 2.37. The van der Waals surface area contributed by atoms with Gasteiger partial charge in [-0.05, 0) is 25.1 Å². The molecule has 1 aromatic carbocycles. The lowest BCUT2D eigenvalue weighted by molar-refractivity contribution is 0.102. The largest absolute Gasteiger partial charge is 0.507 e. The van der Waals surface area contributed by atoms with Gasteiger partial charge in [-0.1, -0.05) is 15.9 Å². The van der Waals surface area contributed by atoms with Crippen molar-refractivity contribution >= 4 is 27.8 Å². The summed E-state index contributed by atoms with van der Waals surface area (Å²) in [4.78, 5) is 20.1. The standard InChI is InChI=1S/C13H12BrN3O3/c1-7-5-11(20-2)16-13(15-7)17-12(19)9-4-3-8(14)6-10(9)18/h3-6,18H,1-2H3,(H,15,16,17,19). The SMILES string of the molecule is COc1cc(C)nc(NC(=O)c2ccc(Br)cc2O)n1. The fraction of sp³-hybridized carbons (Fsp3) is 0.154. The second-order valence-electron chi connectivity index (χ2n) is 3.99. The maximum atomic E-state index is 12.0. The number of nitrogens with zero attached hydrogens (tertiary/aromatic N) is 2. The van der Waals surface area contributed by atoms with E-state index in [1.165, 1.54) is 19.2 Å². The summed E-state index contributed by atoms with van der Waals surface area (Å²) in [6.45, 7) is 1.76. The number of aromatic hydroxyl groups is 1. The molecule has 0 aliphatic rings. The summed E-state index contributed by atoms with van der Waals surface area (Å²) in [5.74, 6) is -0.152. The summed E-state index contributed by atoms with van der Waals surface area (Å²) in [7, 11) is 1.48. The van der Waals surface area contributed by atoms with Crippen LogP contribution in [0.15, 0.2) is 28.7 Å². The molecule has 0 radical (unpaired) electrons. The molecule has 1 heterocycles. The number of carbonyl (C=O) groups is 1. The highest BCUT2D eigenvalue weighted by molar-refractivity contribution is 9.10. The van der Waals surface area contributed by atoms with Crippen molar-refractivity contribution in [3.05, 3.63) is 40.0 Å². The van der Waals surface area contributed by atoms with E-state index in [0.717, 1.165) is 0 Å². The molecule has 1 amide bonds. The van der Waals surface area contributed by atoms with Gasteiger partial charge in [0.25, 0.3) is 5.91 Å². The second kappa shape index (κ2) is 5.87. The predicted octanol–water partition coefficient (Wildman–Crippen LogP) is 2.51. The van der Waals surface area contributed by atoms with Gasteiger partial charge in [0.05, 0.1) is 12.7 Å². The Morgan fingerprint density at radius 1 is 1.35 bits per heavy atom. The maximum Gasteiger partial charge on any atom is 0.261 e. The smallest absolute Gasteiger partial charge is 0.261 e. The third kappa shape index (κ3) is 3.24. The van der Waals surface area contributed by atoms with Crippen molar-refractivity contribution in [2.75, 3.05) is 12.4 Å². The molecule has 6 nitrogen and oxygen atoms in total. The summed E-state index contributed by atoms with van der Waals surface area (Å²) in [5.41, 5.74) is 0.796. The number of hydrogen-bond donors (Lipinski definition) is 2. The number of aryl methyl sites for hydroxylation is 1. The van der Waals surface area contributed by atoms with Gasteiger partial charge in [-0.3, -0.25) is 10.1 Å². The minimum absolute atomic E-state index is 0.120. The zero-order valence-electron chi connectivity index (χ0n) is 10.8. The van der Waals surface area contributed by atoms with E-state index in [2.05, 4.69) is 31.2 Å². The van der Waals surface area contributed by atoms with Crippen molar-refractivity contribution in [1.82, 2.24) is 9.97 Å². The van der Waals surface area contributed by atoms with Crippen molar-refractivity contribution in [3.63, 3.8) is 0 Å². The molecule has 0 aliphatic heterocycles. The van der Waals surface area contributed by atoms with Gasteiger partial charge in [0, 0.05) is 16.2 Å². The number of methoxy groups -OCH3 is 1. The lowest BCUT2D eigenvalue weighted by atomic mass is 10.2. The van der Waals surface area contributed by atoms with Crippen LogP contribution in [0.5, 0.6) is 11.6 Å². The predicted molar refractivity (Wildman–Crippen MR) is 77.1 cm³/mol. The van der Waals surface area contributed by atoms with Gasteiger partial charge in [-0.25, -0.2) is 4.98 Å². The fourth-order valence-electron chi connectivity index (χ4n) is 1.57. The monoisotopic (exact) mass is 337 g/mol. The van der Waals surface area contributed by atoms with Crippen LogP contribution < -0.4 is 10.1 Å². The zero-order chi connectivity index (χ0) is 14.7. The van der Waals surface area contributed by atoms with Gasteiger partial charge in [-0.15, -0.1) is 0 Å².